The summed E-state index contributed by atoms with van der Waals surface area (Å²) in [5.74, 6) is -0.145. The predicted molar refractivity (Wildman–Crippen MR) is 116 cm³/mol. The zero-order chi connectivity index (χ0) is 18.7. The highest BCUT2D eigenvalue weighted by atomic mass is 35.5. The molecule has 0 saturated carbocycles. The molecule has 1 saturated heterocycles. The Hall–Kier alpha value is -1.53. The van der Waals surface area contributed by atoms with E-state index in [1.165, 1.54) is 22.2 Å². The van der Waals surface area contributed by atoms with Crippen molar-refractivity contribution in [3.63, 3.8) is 0 Å². The third kappa shape index (κ3) is 4.23. The van der Waals surface area contributed by atoms with Gasteiger partial charge >= 0.3 is 0 Å². The maximum atomic E-state index is 12.7. The van der Waals surface area contributed by atoms with Gasteiger partial charge in [-0.25, -0.2) is 0 Å². The molecule has 26 heavy (non-hydrogen) atoms. The fourth-order valence-electron chi connectivity index (χ4n) is 2.44. The summed E-state index contributed by atoms with van der Waals surface area (Å²) in [6.07, 6.45) is 2.72. The molecule has 1 N–H and O–H groups in total. The van der Waals surface area contributed by atoms with Crippen LogP contribution in [0.2, 0.25) is 10.0 Å². The van der Waals surface area contributed by atoms with E-state index in [1.54, 1.807) is 18.2 Å². The highest BCUT2D eigenvalue weighted by Gasteiger charge is 2.31. The fraction of sp³-hybridized carbons (Fsp3) is 0.158. The van der Waals surface area contributed by atoms with E-state index in [1.807, 2.05) is 18.2 Å². The lowest BCUT2D eigenvalue weighted by molar-refractivity contribution is -0.121. The van der Waals surface area contributed by atoms with Gasteiger partial charge in [-0.2, -0.15) is 0 Å². The number of thioether (sulfide) groups is 1. The molecule has 1 fully saturated rings. The molecule has 0 aliphatic carbocycles. The van der Waals surface area contributed by atoms with Crippen molar-refractivity contribution in [3.05, 3.63) is 68.5 Å². The molecule has 1 heterocycles. The molecular formula is C19H16Cl2N2OS2. The molecule has 134 valence electrons. The minimum absolute atomic E-state index is 0.145. The first-order valence-electron chi connectivity index (χ1n) is 8.01. The third-order valence-corrected chi connectivity index (χ3v) is 6.16. The number of halogens is 2. The number of nitrogens with zero attached hydrogens (tertiary/aromatic N) is 1. The Morgan fingerprint density at radius 1 is 1.19 bits per heavy atom. The van der Waals surface area contributed by atoms with Gasteiger partial charge in [-0.3, -0.25) is 9.69 Å². The van der Waals surface area contributed by atoms with E-state index < -0.39 is 0 Å². The lowest BCUT2D eigenvalue weighted by Gasteiger charge is -2.16. The number of aryl methyl sites for hydroxylation is 1. The molecule has 0 spiro atoms. The van der Waals surface area contributed by atoms with Crippen LogP contribution in [0, 0.1) is 0 Å². The highest BCUT2D eigenvalue weighted by molar-refractivity contribution is 8.26. The Kier molecular flexibility index (Phi) is 6.24. The topological polar surface area (TPSA) is 32.3 Å². The van der Waals surface area contributed by atoms with E-state index in [2.05, 4.69) is 24.4 Å². The maximum absolute atomic E-state index is 12.7. The van der Waals surface area contributed by atoms with Crippen LogP contribution in [0.1, 0.15) is 18.1 Å². The summed E-state index contributed by atoms with van der Waals surface area (Å²) in [6, 6.07) is 13.4. The first-order chi connectivity index (χ1) is 12.5. The zero-order valence-electron chi connectivity index (χ0n) is 14.0. The molecule has 2 aromatic carbocycles. The molecule has 3 nitrogen and oxygen atoms in total. The van der Waals surface area contributed by atoms with Crippen molar-refractivity contribution in [1.82, 2.24) is 4.90 Å². The quantitative estimate of drug-likeness (QED) is 0.485. The van der Waals surface area contributed by atoms with Crippen molar-refractivity contribution in [2.45, 2.75) is 13.3 Å². The lowest BCUT2D eigenvalue weighted by Crippen LogP contribution is -2.33. The second kappa shape index (κ2) is 8.44. The van der Waals surface area contributed by atoms with Gasteiger partial charge in [-0.15, -0.1) is 0 Å². The van der Waals surface area contributed by atoms with Gasteiger partial charge in [0, 0.05) is 5.69 Å². The summed E-state index contributed by atoms with van der Waals surface area (Å²) in [6.45, 7) is 2.43. The first kappa shape index (κ1) is 19.2. The van der Waals surface area contributed by atoms with Gasteiger partial charge in [0.15, 0.2) is 0 Å². The van der Waals surface area contributed by atoms with Crippen molar-refractivity contribution in [2.75, 3.05) is 12.0 Å². The number of rotatable bonds is 5. The van der Waals surface area contributed by atoms with Crippen molar-refractivity contribution >= 4 is 69.2 Å². The van der Waals surface area contributed by atoms with Crippen LogP contribution in [-0.2, 0) is 11.2 Å². The van der Waals surface area contributed by atoms with E-state index in [9.17, 15) is 4.79 Å². The molecule has 0 aromatic heterocycles. The van der Waals surface area contributed by atoms with Crippen molar-refractivity contribution in [3.8, 4) is 0 Å². The molecule has 7 heteroatoms. The smallest absolute Gasteiger partial charge is 0.267 e. The minimum atomic E-state index is -0.145. The summed E-state index contributed by atoms with van der Waals surface area (Å²) < 4.78 is 0.511. The number of benzene rings is 2. The van der Waals surface area contributed by atoms with Crippen LogP contribution in [0.25, 0.3) is 6.08 Å². The highest BCUT2D eigenvalue weighted by Crippen LogP contribution is 2.35. The van der Waals surface area contributed by atoms with E-state index >= 15 is 0 Å². The van der Waals surface area contributed by atoms with E-state index in [4.69, 9.17) is 35.4 Å². The summed E-state index contributed by atoms with van der Waals surface area (Å²) in [5, 5.41) is 4.11. The van der Waals surface area contributed by atoms with Crippen LogP contribution in [0.4, 0.5) is 5.69 Å². The summed E-state index contributed by atoms with van der Waals surface area (Å²) in [5.41, 5.74) is 2.91. The van der Waals surface area contributed by atoms with Crippen LogP contribution >= 0.6 is 47.2 Å². The van der Waals surface area contributed by atoms with Crippen LogP contribution < -0.4 is 5.32 Å². The van der Waals surface area contributed by atoms with E-state index in [-0.39, 0.29) is 5.91 Å². The molecule has 0 unspecified atom stereocenters. The number of anilines is 1. The number of hydrogen-bond donors (Lipinski definition) is 1. The van der Waals surface area contributed by atoms with Crippen molar-refractivity contribution in [1.29, 1.82) is 0 Å². The van der Waals surface area contributed by atoms with Gasteiger partial charge in [0.25, 0.3) is 5.91 Å². The fourth-order valence-corrected chi connectivity index (χ4v) is 4.05. The van der Waals surface area contributed by atoms with Gasteiger partial charge in [-0.05, 0) is 41.8 Å². The molecule has 1 aliphatic heterocycles. The number of carbonyl (C=O) groups excluding carboxylic acids is 1. The Morgan fingerprint density at radius 3 is 2.62 bits per heavy atom. The monoisotopic (exact) mass is 422 g/mol. The number of hydrogen-bond acceptors (Lipinski definition) is 4. The largest absolute Gasteiger partial charge is 0.367 e. The van der Waals surface area contributed by atoms with E-state index in [0.717, 1.165) is 12.1 Å². The Bertz CT molecular complexity index is 882. The van der Waals surface area contributed by atoms with Gasteiger partial charge in [0.05, 0.1) is 21.6 Å². The van der Waals surface area contributed by atoms with Crippen LogP contribution in [0.3, 0.4) is 0 Å². The second-order valence-corrected chi connectivity index (χ2v) is 8.10. The average Bonchev–Trinajstić information content (AvgIpc) is 2.91. The summed E-state index contributed by atoms with van der Waals surface area (Å²) in [7, 11) is 0. The zero-order valence-corrected chi connectivity index (χ0v) is 17.1. The van der Waals surface area contributed by atoms with Crippen molar-refractivity contribution in [2.24, 2.45) is 0 Å². The maximum Gasteiger partial charge on any atom is 0.267 e. The molecular weight excluding hydrogens is 407 g/mol. The molecule has 0 bridgehead atoms. The average molecular weight is 423 g/mol. The Labute approximate surface area is 172 Å². The lowest BCUT2D eigenvalue weighted by atomic mass is 10.1. The normalized spacial score (nSPS) is 15.8. The van der Waals surface area contributed by atoms with Gasteiger partial charge in [0.2, 0.25) is 0 Å². The molecule has 2 aromatic rings. The Balaban J connectivity index is 1.72. The number of amides is 1. The van der Waals surface area contributed by atoms with Crippen molar-refractivity contribution < 1.29 is 4.79 Å². The SMILES string of the molecule is CCc1ccc(NCN2C(=O)C(=Cc3cccc(Cl)c3Cl)SC2=S)cc1. The molecule has 3 rings (SSSR count). The molecule has 1 aliphatic rings. The summed E-state index contributed by atoms with van der Waals surface area (Å²) >= 11 is 18.8. The van der Waals surface area contributed by atoms with E-state index in [0.29, 0.717) is 31.5 Å². The van der Waals surface area contributed by atoms with Crippen LogP contribution in [0.5, 0.6) is 0 Å². The number of thiocarbonyl (C=S) groups is 1. The third-order valence-electron chi connectivity index (χ3n) is 3.95. The van der Waals surface area contributed by atoms with Crippen LogP contribution in [0.15, 0.2) is 47.4 Å². The minimum Gasteiger partial charge on any atom is -0.367 e. The Morgan fingerprint density at radius 2 is 1.92 bits per heavy atom. The number of nitrogens with one attached hydrogen (secondary N) is 1. The standard InChI is InChI=1S/C19H16Cl2N2OS2/c1-2-12-6-8-14(9-7-12)22-11-23-18(24)16(26-19(23)25)10-13-4-3-5-15(20)17(13)21/h3-10,22H,2,11H2,1H3. The summed E-state index contributed by atoms with van der Waals surface area (Å²) in [4.78, 5) is 14.7. The van der Waals surface area contributed by atoms with Gasteiger partial charge in [-0.1, -0.05) is 78.4 Å². The van der Waals surface area contributed by atoms with Crippen LogP contribution in [-0.4, -0.2) is 21.8 Å². The molecule has 1 amide bonds. The predicted octanol–water partition coefficient (Wildman–Crippen LogP) is 5.83. The van der Waals surface area contributed by atoms with Gasteiger partial charge < -0.3 is 5.32 Å². The number of carbonyl (C=O) groups is 1. The molecule has 0 radical (unpaired) electrons. The van der Waals surface area contributed by atoms with Gasteiger partial charge in [0.1, 0.15) is 4.32 Å². The molecule has 0 atom stereocenters. The second-order valence-electron chi connectivity index (χ2n) is 5.64. The first-order valence-corrected chi connectivity index (χ1v) is 10.00.